The van der Waals surface area contributed by atoms with Gasteiger partial charge in [0, 0.05) is 0 Å². The minimum atomic E-state index is -4.17. The molecule has 1 fully saturated rings. The van der Waals surface area contributed by atoms with E-state index < -0.39 is 21.3 Å². The van der Waals surface area contributed by atoms with Gasteiger partial charge in [0.2, 0.25) is 5.75 Å². The molecule has 3 aromatic carbocycles. The molecule has 0 aliphatic carbocycles. The van der Waals surface area contributed by atoms with Crippen molar-refractivity contribution in [1.82, 2.24) is 4.90 Å². The molecule has 37 heavy (non-hydrogen) atoms. The lowest BCUT2D eigenvalue weighted by molar-refractivity contribution is -0.123. The summed E-state index contributed by atoms with van der Waals surface area (Å²) in [5.74, 6) is 0.0282. The maximum Gasteiger partial charge on any atom is 0.339 e. The number of halogens is 1. The van der Waals surface area contributed by atoms with Crippen molar-refractivity contribution in [2.24, 2.45) is 0 Å². The smallest absolute Gasteiger partial charge is 0.339 e. The highest BCUT2D eigenvalue weighted by Crippen LogP contribution is 2.40. The number of benzene rings is 3. The topological polar surface area (TPSA) is 99.2 Å². The molecule has 2 amide bonds. The van der Waals surface area contributed by atoms with Gasteiger partial charge in [-0.3, -0.25) is 14.5 Å². The minimum Gasteiger partial charge on any atom is -0.493 e. The number of nitrogens with zero attached hydrogens (tertiary/aromatic N) is 1. The zero-order valence-electron chi connectivity index (χ0n) is 19.8. The molecule has 8 nitrogen and oxygen atoms in total. The third-order valence-corrected chi connectivity index (χ3v) is 7.68. The molecule has 0 bridgehead atoms. The van der Waals surface area contributed by atoms with Crippen LogP contribution in [0.1, 0.15) is 11.1 Å². The summed E-state index contributed by atoms with van der Waals surface area (Å²) >= 11 is 7.14. The number of ether oxygens (including phenoxy) is 2. The van der Waals surface area contributed by atoms with Gasteiger partial charge >= 0.3 is 10.1 Å². The van der Waals surface area contributed by atoms with Crippen LogP contribution in [0.3, 0.4) is 0 Å². The molecular weight excluding hydrogens is 538 g/mol. The van der Waals surface area contributed by atoms with Crippen LogP contribution in [0.4, 0.5) is 4.79 Å². The molecular formula is C26H22ClNO7S2. The highest BCUT2D eigenvalue weighted by Gasteiger charge is 2.35. The first kappa shape index (κ1) is 26.6. The number of amides is 2. The Morgan fingerprint density at radius 2 is 1.73 bits per heavy atom. The van der Waals surface area contributed by atoms with Gasteiger partial charge < -0.3 is 13.7 Å². The van der Waals surface area contributed by atoms with E-state index in [-0.39, 0.29) is 39.5 Å². The van der Waals surface area contributed by atoms with E-state index >= 15 is 0 Å². The van der Waals surface area contributed by atoms with Crippen molar-refractivity contribution in [3.8, 4) is 17.2 Å². The lowest BCUT2D eigenvalue weighted by atomic mass is 10.2. The van der Waals surface area contributed by atoms with Gasteiger partial charge in [0.1, 0.15) is 17.3 Å². The molecule has 0 spiro atoms. The third-order valence-electron chi connectivity index (χ3n) is 5.25. The summed E-state index contributed by atoms with van der Waals surface area (Å²) in [5, 5.41) is -0.466. The number of hydrogen-bond donors (Lipinski definition) is 0. The summed E-state index contributed by atoms with van der Waals surface area (Å²) in [6, 6.07) is 18.1. The van der Waals surface area contributed by atoms with Gasteiger partial charge in [-0.25, -0.2) is 0 Å². The monoisotopic (exact) mass is 559 g/mol. The van der Waals surface area contributed by atoms with Crippen molar-refractivity contribution < 1.29 is 31.7 Å². The van der Waals surface area contributed by atoms with E-state index in [1.54, 1.807) is 24.3 Å². The summed E-state index contributed by atoms with van der Waals surface area (Å²) in [7, 11) is -2.84. The van der Waals surface area contributed by atoms with Gasteiger partial charge in [-0.05, 0) is 66.7 Å². The fourth-order valence-corrected chi connectivity index (χ4v) is 5.51. The van der Waals surface area contributed by atoms with E-state index in [0.29, 0.717) is 11.3 Å². The van der Waals surface area contributed by atoms with E-state index in [0.717, 1.165) is 22.2 Å². The van der Waals surface area contributed by atoms with Gasteiger partial charge in [0.05, 0.1) is 23.6 Å². The lowest BCUT2D eigenvalue weighted by Gasteiger charge is -2.14. The van der Waals surface area contributed by atoms with Crippen LogP contribution in [0.5, 0.6) is 17.2 Å². The van der Waals surface area contributed by atoms with Crippen LogP contribution in [0.25, 0.3) is 6.08 Å². The molecule has 4 rings (SSSR count). The molecule has 1 aliphatic heterocycles. The summed E-state index contributed by atoms with van der Waals surface area (Å²) in [4.78, 5) is 26.5. The number of carbonyl (C=O) groups excluding carboxylic acids is 2. The number of imide groups is 1. The Morgan fingerprint density at radius 3 is 2.41 bits per heavy atom. The average Bonchev–Trinajstić information content (AvgIpc) is 3.13. The second-order valence-corrected chi connectivity index (χ2v) is 10.8. The number of aryl methyl sites for hydroxylation is 1. The third kappa shape index (κ3) is 6.27. The summed E-state index contributed by atoms with van der Waals surface area (Å²) in [5.41, 5.74) is 1.32. The van der Waals surface area contributed by atoms with Crippen molar-refractivity contribution in [1.29, 1.82) is 0 Å². The predicted octanol–water partition coefficient (Wildman–Crippen LogP) is 5.54. The second kappa shape index (κ2) is 11.3. The SMILES string of the molecule is COc1cc(/C=C2\SC(=O)N(CCOc3ccccc3)C2=O)cc(Cl)c1OS(=O)(=O)c1ccc(C)cc1. The highest BCUT2D eigenvalue weighted by molar-refractivity contribution is 8.18. The second-order valence-electron chi connectivity index (χ2n) is 7.88. The molecule has 1 aliphatic rings. The van der Waals surface area contributed by atoms with Crippen LogP contribution in [0, 0.1) is 6.92 Å². The molecule has 1 saturated heterocycles. The number of para-hydroxylation sites is 1. The van der Waals surface area contributed by atoms with Crippen molar-refractivity contribution >= 4 is 50.7 Å². The molecule has 0 saturated carbocycles. The van der Waals surface area contributed by atoms with Crippen molar-refractivity contribution in [3.63, 3.8) is 0 Å². The van der Waals surface area contributed by atoms with Gasteiger partial charge in [0.25, 0.3) is 11.1 Å². The maximum atomic E-state index is 12.8. The molecule has 0 radical (unpaired) electrons. The molecule has 3 aromatic rings. The quantitative estimate of drug-likeness (QED) is 0.249. The van der Waals surface area contributed by atoms with Crippen LogP contribution in [-0.4, -0.2) is 44.7 Å². The molecule has 0 atom stereocenters. The molecule has 0 aromatic heterocycles. The Hall–Kier alpha value is -3.47. The number of methoxy groups -OCH3 is 1. The first-order chi connectivity index (χ1) is 17.7. The number of carbonyl (C=O) groups is 2. The maximum absolute atomic E-state index is 12.8. The predicted molar refractivity (Wildman–Crippen MR) is 142 cm³/mol. The van der Waals surface area contributed by atoms with E-state index in [4.69, 9.17) is 25.3 Å². The molecule has 11 heteroatoms. The van der Waals surface area contributed by atoms with Crippen LogP contribution >= 0.6 is 23.4 Å². The Morgan fingerprint density at radius 1 is 1.03 bits per heavy atom. The zero-order valence-corrected chi connectivity index (χ0v) is 22.2. The van der Waals surface area contributed by atoms with E-state index in [1.165, 1.54) is 37.5 Å². The Kier molecular flexibility index (Phi) is 8.11. The highest BCUT2D eigenvalue weighted by atomic mass is 35.5. The first-order valence-electron chi connectivity index (χ1n) is 11.0. The van der Waals surface area contributed by atoms with Crippen molar-refractivity contribution in [2.45, 2.75) is 11.8 Å². The Bertz CT molecular complexity index is 1460. The van der Waals surface area contributed by atoms with Crippen LogP contribution in [-0.2, 0) is 14.9 Å². The van der Waals surface area contributed by atoms with Crippen molar-refractivity contribution in [2.75, 3.05) is 20.3 Å². The van der Waals surface area contributed by atoms with Crippen LogP contribution in [0.15, 0.2) is 76.5 Å². The Balaban J connectivity index is 1.51. The Labute approximate surface area is 223 Å². The van der Waals surface area contributed by atoms with E-state index in [2.05, 4.69) is 0 Å². The average molecular weight is 560 g/mol. The van der Waals surface area contributed by atoms with Crippen LogP contribution < -0.4 is 13.7 Å². The molecule has 0 unspecified atom stereocenters. The van der Waals surface area contributed by atoms with Crippen molar-refractivity contribution in [3.05, 3.63) is 87.8 Å². The number of hydrogen-bond acceptors (Lipinski definition) is 8. The molecule has 192 valence electrons. The minimum absolute atomic E-state index is 0.0368. The lowest BCUT2D eigenvalue weighted by Crippen LogP contribution is -2.32. The van der Waals surface area contributed by atoms with E-state index in [9.17, 15) is 18.0 Å². The van der Waals surface area contributed by atoms with Gasteiger partial charge in [0.15, 0.2) is 5.75 Å². The standard InChI is InChI=1S/C26H22ClNO7S2/c1-17-8-10-20(11-9-17)37(31,32)35-24-21(27)14-18(15-22(24)33-2)16-23-25(29)28(26(30)36-23)12-13-34-19-6-4-3-5-7-19/h3-11,14-16H,12-13H2,1-2H3/b23-16-. The molecule has 1 heterocycles. The van der Waals surface area contributed by atoms with E-state index in [1.807, 2.05) is 25.1 Å². The summed E-state index contributed by atoms with van der Waals surface area (Å²) < 4.78 is 41.7. The number of rotatable bonds is 9. The molecule has 0 N–H and O–H groups in total. The first-order valence-corrected chi connectivity index (χ1v) is 13.6. The zero-order chi connectivity index (χ0) is 26.6. The number of thioether (sulfide) groups is 1. The van der Waals surface area contributed by atoms with Gasteiger partial charge in [-0.1, -0.05) is 47.5 Å². The van der Waals surface area contributed by atoms with Gasteiger partial charge in [-0.2, -0.15) is 8.42 Å². The van der Waals surface area contributed by atoms with Gasteiger partial charge in [-0.15, -0.1) is 0 Å². The summed E-state index contributed by atoms with van der Waals surface area (Å²) in [6.45, 7) is 2.07. The largest absolute Gasteiger partial charge is 0.493 e. The fraction of sp³-hybridized carbons (Fsp3) is 0.154. The fourth-order valence-electron chi connectivity index (χ4n) is 3.38. The van der Waals surface area contributed by atoms with Crippen LogP contribution in [0.2, 0.25) is 5.02 Å². The summed E-state index contributed by atoms with van der Waals surface area (Å²) in [6.07, 6.45) is 1.48. The normalized spacial score (nSPS) is 14.8.